The van der Waals surface area contributed by atoms with E-state index >= 15 is 0 Å². The summed E-state index contributed by atoms with van der Waals surface area (Å²) in [4.78, 5) is 27.6. The van der Waals surface area contributed by atoms with Crippen LogP contribution in [0.3, 0.4) is 0 Å². The molecule has 1 atom stereocenters. The van der Waals surface area contributed by atoms with Gasteiger partial charge in [0, 0.05) is 60.3 Å². The molecule has 0 N–H and O–H groups in total. The molecule has 2 aliphatic carbocycles. The zero-order chi connectivity index (χ0) is 17.6. The van der Waals surface area contributed by atoms with Crippen LogP contribution < -0.4 is 0 Å². The minimum Gasteiger partial charge on any atom is -0.342 e. The van der Waals surface area contributed by atoms with Gasteiger partial charge in [-0.05, 0) is 43.6 Å². The molecular formula is C21H24N4O. The predicted octanol–water partition coefficient (Wildman–Crippen LogP) is 3.43. The summed E-state index contributed by atoms with van der Waals surface area (Å²) in [6, 6.07) is 4.22. The Kier molecular flexibility index (Phi) is 3.76. The number of carbonyl (C=O) groups is 1. The molecule has 5 heteroatoms. The first kappa shape index (κ1) is 15.9. The van der Waals surface area contributed by atoms with Crippen LogP contribution in [0.5, 0.6) is 0 Å². The van der Waals surface area contributed by atoms with Crippen molar-refractivity contribution in [2.45, 2.75) is 44.4 Å². The first-order valence-electron chi connectivity index (χ1n) is 9.75. The normalized spacial score (nSPS) is 24.3. The zero-order valence-corrected chi connectivity index (χ0v) is 15.0. The van der Waals surface area contributed by atoms with Crippen molar-refractivity contribution in [1.82, 2.24) is 19.9 Å². The molecule has 0 bridgehead atoms. The van der Waals surface area contributed by atoms with Crippen LogP contribution in [0.15, 0.2) is 37.1 Å². The number of hydrogen-bond donors (Lipinski definition) is 0. The molecule has 2 aromatic heterocycles. The molecule has 5 nitrogen and oxygen atoms in total. The van der Waals surface area contributed by atoms with Crippen molar-refractivity contribution < 1.29 is 4.79 Å². The third kappa shape index (κ3) is 2.70. The summed E-state index contributed by atoms with van der Waals surface area (Å²) >= 11 is 0. The van der Waals surface area contributed by atoms with Crippen molar-refractivity contribution in [2.75, 3.05) is 13.1 Å². The Labute approximate surface area is 153 Å². The summed E-state index contributed by atoms with van der Waals surface area (Å²) in [6.45, 7) is 1.76. The summed E-state index contributed by atoms with van der Waals surface area (Å²) in [5, 5.41) is 0. The molecule has 1 aliphatic heterocycles. The maximum absolute atomic E-state index is 12.7. The Morgan fingerprint density at radius 3 is 2.38 bits per heavy atom. The molecule has 0 radical (unpaired) electrons. The highest BCUT2D eigenvalue weighted by Gasteiger charge is 2.61. The SMILES string of the molecule is O=C([C@H]1CC12CCC2)N1CCC(c2ccc(-c3cncnc3)cn2)CC1. The fourth-order valence-corrected chi connectivity index (χ4v) is 4.76. The lowest BCUT2D eigenvalue weighted by Gasteiger charge is -2.34. The molecule has 1 spiro atoms. The highest BCUT2D eigenvalue weighted by atomic mass is 16.2. The number of hydrogen-bond acceptors (Lipinski definition) is 4. The fourth-order valence-electron chi connectivity index (χ4n) is 4.76. The second kappa shape index (κ2) is 6.15. The Hall–Kier alpha value is -2.30. The zero-order valence-electron chi connectivity index (χ0n) is 15.0. The Morgan fingerprint density at radius 1 is 1.04 bits per heavy atom. The van der Waals surface area contributed by atoms with Crippen LogP contribution in [-0.4, -0.2) is 38.8 Å². The van der Waals surface area contributed by atoms with Crippen molar-refractivity contribution in [1.29, 1.82) is 0 Å². The van der Waals surface area contributed by atoms with Gasteiger partial charge in [-0.1, -0.05) is 12.5 Å². The predicted molar refractivity (Wildman–Crippen MR) is 98.2 cm³/mol. The van der Waals surface area contributed by atoms with Gasteiger partial charge in [0.1, 0.15) is 6.33 Å². The van der Waals surface area contributed by atoms with Crippen molar-refractivity contribution in [3.63, 3.8) is 0 Å². The standard InChI is InChI=1S/C21H24N4O/c26-20(18-10-21(18)6-1-7-21)25-8-4-15(5-9-25)19-3-2-16(13-24-19)17-11-22-14-23-12-17/h2-3,11-15,18H,1,4-10H2/t18-/m1/s1. The van der Waals surface area contributed by atoms with Crippen LogP contribution in [0.25, 0.3) is 11.1 Å². The lowest BCUT2D eigenvalue weighted by Crippen LogP contribution is -2.40. The number of amides is 1. The van der Waals surface area contributed by atoms with Crippen molar-refractivity contribution in [3.8, 4) is 11.1 Å². The van der Waals surface area contributed by atoms with Gasteiger partial charge in [0.05, 0.1) is 0 Å². The minimum absolute atomic E-state index is 0.346. The topological polar surface area (TPSA) is 59.0 Å². The van der Waals surface area contributed by atoms with E-state index in [1.807, 2.05) is 6.20 Å². The molecule has 2 saturated carbocycles. The third-order valence-electron chi connectivity index (χ3n) is 6.74. The fraction of sp³-hybridized carbons (Fsp3) is 0.524. The van der Waals surface area contributed by atoms with Gasteiger partial charge >= 0.3 is 0 Å². The summed E-state index contributed by atoms with van der Waals surface area (Å²) in [5.41, 5.74) is 3.61. The van der Waals surface area contributed by atoms with Gasteiger partial charge < -0.3 is 4.90 Å². The summed E-state index contributed by atoms with van der Waals surface area (Å²) in [6.07, 6.45) is 14.1. The second-order valence-corrected chi connectivity index (χ2v) is 8.17. The van der Waals surface area contributed by atoms with E-state index in [1.165, 1.54) is 25.6 Å². The maximum Gasteiger partial charge on any atom is 0.226 e. The van der Waals surface area contributed by atoms with Gasteiger partial charge in [0.25, 0.3) is 0 Å². The highest BCUT2D eigenvalue weighted by molar-refractivity contribution is 5.83. The summed E-state index contributed by atoms with van der Waals surface area (Å²) < 4.78 is 0. The van der Waals surface area contributed by atoms with E-state index in [9.17, 15) is 4.79 Å². The molecule has 3 aliphatic rings. The van der Waals surface area contributed by atoms with Gasteiger partial charge in [-0.15, -0.1) is 0 Å². The molecule has 1 saturated heterocycles. The van der Waals surface area contributed by atoms with E-state index < -0.39 is 0 Å². The quantitative estimate of drug-likeness (QED) is 0.853. The van der Waals surface area contributed by atoms with Crippen LogP contribution in [0, 0.1) is 11.3 Å². The molecule has 3 fully saturated rings. The van der Waals surface area contributed by atoms with E-state index in [0.29, 0.717) is 23.2 Å². The number of piperidine rings is 1. The lowest BCUT2D eigenvalue weighted by atomic mass is 9.79. The van der Waals surface area contributed by atoms with E-state index in [4.69, 9.17) is 0 Å². The highest BCUT2D eigenvalue weighted by Crippen LogP contribution is 2.66. The third-order valence-corrected chi connectivity index (χ3v) is 6.74. The van der Waals surface area contributed by atoms with Gasteiger partial charge in [0.15, 0.2) is 0 Å². The summed E-state index contributed by atoms with van der Waals surface area (Å²) in [5.74, 6) is 1.23. The average molecular weight is 348 g/mol. The first-order chi connectivity index (χ1) is 12.8. The number of likely N-dealkylation sites (tertiary alicyclic amines) is 1. The van der Waals surface area contributed by atoms with Crippen molar-refractivity contribution >= 4 is 5.91 Å². The van der Waals surface area contributed by atoms with E-state index in [1.54, 1.807) is 12.4 Å². The van der Waals surface area contributed by atoms with Gasteiger partial charge in [-0.3, -0.25) is 9.78 Å². The molecule has 26 heavy (non-hydrogen) atoms. The minimum atomic E-state index is 0.346. The first-order valence-corrected chi connectivity index (χ1v) is 9.75. The van der Waals surface area contributed by atoms with E-state index in [2.05, 4.69) is 32.0 Å². The number of aromatic nitrogens is 3. The molecule has 1 amide bonds. The largest absolute Gasteiger partial charge is 0.342 e. The monoisotopic (exact) mass is 348 g/mol. The number of pyridine rings is 1. The Morgan fingerprint density at radius 2 is 1.81 bits per heavy atom. The molecule has 0 aromatic carbocycles. The van der Waals surface area contributed by atoms with Crippen molar-refractivity contribution in [3.05, 3.63) is 42.7 Å². The smallest absolute Gasteiger partial charge is 0.226 e. The molecule has 5 rings (SSSR count). The molecule has 134 valence electrons. The van der Waals surface area contributed by atoms with Crippen LogP contribution in [0.2, 0.25) is 0 Å². The van der Waals surface area contributed by atoms with Crippen molar-refractivity contribution in [2.24, 2.45) is 11.3 Å². The number of nitrogens with zero attached hydrogens (tertiary/aromatic N) is 4. The van der Waals surface area contributed by atoms with Gasteiger partial charge in [0.2, 0.25) is 5.91 Å². The molecule has 3 heterocycles. The number of carbonyl (C=O) groups excluding carboxylic acids is 1. The molecule has 2 aromatic rings. The Bertz CT molecular complexity index is 793. The maximum atomic E-state index is 12.7. The van der Waals surface area contributed by atoms with E-state index in [0.717, 1.165) is 49.2 Å². The van der Waals surface area contributed by atoms with Crippen LogP contribution in [0.1, 0.15) is 50.1 Å². The van der Waals surface area contributed by atoms with Crippen LogP contribution >= 0.6 is 0 Å². The van der Waals surface area contributed by atoms with Gasteiger partial charge in [-0.25, -0.2) is 9.97 Å². The Balaban J connectivity index is 1.20. The number of rotatable bonds is 3. The second-order valence-electron chi connectivity index (χ2n) is 8.17. The summed E-state index contributed by atoms with van der Waals surface area (Å²) in [7, 11) is 0. The average Bonchev–Trinajstić information content (AvgIpc) is 3.45. The van der Waals surface area contributed by atoms with Crippen LogP contribution in [0.4, 0.5) is 0 Å². The molecule has 0 unspecified atom stereocenters. The van der Waals surface area contributed by atoms with Crippen LogP contribution in [-0.2, 0) is 4.79 Å². The van der Waals surface area contributed by atoms with Gasteiger partial charge in [-0.2, -0.15) is 0 Å². The molecular weight excluding hydrogens is 324 g/mol. The lowest BCUT2D eigenvalue weighted by molar-refractivity contribution is -0.135. The van der Waals surface area contributed by atoms with E-state index in [-0.39, 0.29) is 0 Å².